The molecule has 0 radical (unpaired) electrons. The third-order valence-corrected chi connectivity index (χ3v) is 5.41. The molecule has 140 valence electrons. The number of rotatable bonds is 3. The molecule has 0 saturated carbocycles. The van der Waals surface area contributed by atoms with E-state index < -0.39 is 10.0 Å². The molecule has 1 heterocycles. The number of nitrogens with two attached hydrogens (primary N) is 1. The highest BCUT2D eigenvalue weighted by Crippen LogP contribution is 2.35. The number of benzene rings is 1. The van der Waals surface area contributed by atoms with E-state index in [9.17, 15) is 8.42 Å². The predicted octanol–water partition coefficient (Wildman–Crippen LogP) is 1.94. The summed E-state index contributed by atoms with van der Waals surface area (Å²) in [5.41, 5.74) is 12.1. The third-order valence-electron chi connectivity index (χ3n) is 4.37. The second-order valence-electron chi connectivity index (χ2n) is 6.29. The molecule has 2 aromatic rings. The molecule has 0 spiro atoms. The maximum absolute atomic E-state index is 12.2. The van der Waals surface area contributed by atoms with Gasteiger partial charge in [-0.05, 0) is 36.8 Å². The molecule has 1 aromatic carbocycles. The van der Waals surface area contributed by atoms with Gasteiger partial charge in [-0.2, -0.15) is 5.10 Å². The van der Waals surface area contributed by atoms with Gasteiger partial charge in [-0.15, -0.1) is 12.4 Å². The van der Waals surface area contributed by atoms with Crippen LogP contribution in [0.3, 0.4) is 0 Å². The van der Waals surface area contributed by atoms with Crippen LogP contribution in [0.25, 0.3) is 0 Å². The summed E-state index contributed by atoms with van der Waals surface area (Å²) in [6.07, 6.45) is 4.09. The fourth-order valence-corrected chi connectivity index (χ4v) is 4.29. The van der Waals surface area contributed by atoms with Gasteiger partial charge in [0.05, 0.1) is 12.0 Å². The predicted molar refractivity (Wildman–Crippen MR) is 106 cm³/mol. The van der Waals surface area contributed by atoms with E-state index in [1.165, 1.54) is 10.2 Å². The zero-order valence-corrected chi connectivity index (χ0v) is 16.2. The van der Waals surface area contributed by atoms with Gasteiger partial charge >= 0.3 is 0 Å². The van der Waals surface area contributed by atoms with Gasteiger partial charge in [0.2, 0.25) is 16.0 Å². The largest absolute Gasteiger partial charge is 0.369 e. The number of nitrogens with zero attached hydrogens (tertiary/aromatic N) is 2. The van der Waals surface area contributed by atoms with Crippen LogP contribution >= 0.6 is 12.4 Å². The van der Waals surface area contributed by atoms with Crippen LogP contribution < -0.4 is 11.2 Å². The van der Waals surface area contributed by atoms with Gasteiger partial charge in [0.25, 0.3) is 0 Å². The summed E-state index contributed by atoms with van der Waals surface area (Å²) in [6.45, 7) is 1.87. The molecule has 1 aromatic heterocycles. The molecular formula is C17H22ClN5O2S. The minimum absolute atomic E-state index is 0. The molecule has 1 aliphatic rings. The summed E-state index contributed by atoms with van der Waals surface area (Å²) >= 11 is 0. The Hall–Kier alpha value is -2.32. The van der Waals surface area contributed by atoms with E-state index >= 15 is 0 Å². The van der Waals surface area contributed by atoms with Crippen LogP contribution in [0, 0.1) is 12.3 Å². The summed E-state index contributed by atoms with van der Waals surface area (Å²) < 4.78 is 25.7. The Kier molecular flexibility index (Phi) is 5.77. The van der Waals surface area contributed by atoms with Crippen molar-refractivity contribution in [2.24, 2.45) is 10.8 Å². The van der Waals surface area contributed by atoms with Crippen LogP contribution in [0.1, 0.15) is 34.7 Å². The first-order valence-corrected chi connectivity index (χ1v) is 9.75. The zero-order valence-electron chi connectivity index (χ0n) is 14.6. The van der Waals surface area contributed by atoms with Gasteiger partial charge in [-0.1, -0.05) is 30.3 Å². The van der Waals surface area contributed by atoms with Gasteiger partial charge in [-0.3, -0.25) is 5.41 Å². The number of halogens is 1. The first kappa shape index (κ1) is 20.0. The molecule has 7 nitrogen and oxygen atoms in total. The van der Waals surface area contributed by atoms with Gasteiger partial charge in [-0.25, -0.2) is 17.8 Å². The summed E-state index contributed by atoms with van der Waals surface area (Å²) in [6, 6.07) is 9.96. The average molecular weight is 396 g/mol. The lowest BCUT2D eigenvalue weighted by molar-refractivity contribution is 0.587. The van der Waals surface area contributed by atoms with Crippen LogP contribution in [0.15, 0.2) is 41.6 Å². The minimum Gasteiger partial charge on any atom is -0.369 e. The van der Waals surface area contributed by atoms with Crippen molar-refractivity contribution in [3.63, 3.8) is 0 Å². The van der Waals surface area contributed by atoms with Crippen LogP contribution in [0.4, 0.5) is 0 Å². The topological polar surface area (TPSA) is 113 Å². The number of aryl methyl sites for hydroxylation is 1. The minimum atomic E-state index is -3.41. The van der Waals surface area contributed by atoms with E-state index in [1.54, 1.807) is 6.20 Å². The van der Waals surface area contributed by atoms with E-state index in [0.717, 1.165) is 22.4 Å². The Morgan fingerprint density at radius 2 is 1.96 bits per heavy atom. The van der Waals surface area contributed by atoms with Gasteiger partial charge in [0, 0.05) is 17.5 Å². The molecule has 0 amide bonds. The smallest absolute Gasteiger partial charge is 0.235 e. The van der Waals surface area contributed by atoms with Gasteiger partial charge in [0.15, 0.2) is 0 Å². The van der Waals surface area contributed by atoms with Crippen LogP contribution in [0.2, 0.25) is 0 Å². The summed E-state index contributed by atoms with van der Waals surface area (Å²) in [4.78, 5) is 0. The Morgan fingerprint density at radius 1 is 1.31 bits per heavy atom. The van der Waals surface area contributed by atoms with Crippen LogP contribution in [-0.4, -0.2) is 30.3 Å². The lowest BCUT2D eigenvalue weighted by Gasteiger charge is -2.26. The molecular weight excluding hydrogens is 374 g/mol. The number of fused-ring (bicyclic) bond motifs is 1. The van der Waals surface area contributed by atoms with Crippen molar-refractivity contribution >= 4 is 34.1 Å². The highest BCUT2D eigenvalue weighted by Gasteiger charge is 2.31. The van der Waals surface area contributed by atoms with E-state index in [-0.39, 0.29) is 24.3 Å². The van der Waals surface area contributed by atoms with Crippen molar-refractivity contribution in [2.45, 2.75) is 25.7 Å². The highest BCUT2D eigenvalue weighted by molar-refractivity contribution is 7.89. The first-order valence-electron chi connectivity index (χ1n) is 7.90. The molecule has 4 N–H and O–H groups in total. The molecule has 0 fully saturated rings. The van der Waals surface area contributed by atoms with Crippen molar-refractivity contribution in [1.82, 2.24) is 9.40 Å². The number of guanidine groups is 1. The molecule has 0 bridgehead atoms. The second-order valence-corrected chi connectivity index (χ2v) is 8.15. The molecule has 0 saturated heterocycles. The first-order chi connectivity index (χ1) is 11.8. The molecule has 1 unspecified atom stereocenters. The lowest BCUT2D eigenvalue weighted by Crippen LogP contribution is -2.29. The van der Waals surface area contributed by atoms with E-state index in [4.69, 9.17) is 11.1 Å². The summed E-state index contributed by atoms with van der Waals surface area (Å²) in [5, 5.41) is 11.6. The number of aromatic nitrogens is 1. The van der Waals surface area contributed by atoms with Crippen molar-refractivity contribution in [3.05, 3.63) is 58.9 Å². The quantitative estimate of drug-likeness (QED) is 0.418. The Morgan fingerprint density at radius 3 is 2.54 bits per heavy atom. The van der Waals surface area contributed by atoms with Crippen LogP contribution in [-0.2, 0) is 16.4 Å². The Balaban J connectivity index is 0.00000243. The highest BCUT2D eigenvalue weighted by atomic mass is 35.5. The molecule has 3 rings (SSSR count). The number of hydrogen-bond acceptors (Lipinski definition) is 4. The van der Waals surface area contributed by atoms with Crippen molar-refractivity contribution in [3.8, 4) is 0 Å². The molecule has 26 heavy (non-hydrogen) atoms. The maximum Gasteiger partial charge on any atom is 0.235 e. The average Bonchev–Trinajstić information content (AvgIpc) is 2.91. The van der Waals surface area contributed by atoms with E-state index in [1.807, 2.05) is 37.3 Å². The molecule has 1 aliphatic carbocycles. The van der Waals surface area contributed by atoms with E-state index in [2.05, 4.69) is 10.5 Å². The Labute approximate surface area is 159 Å². The summed E-state index contributed by atoms with van der Waals surface area (Å²) in [5.74, 6) is -0.146. The molecule has 0 aliphatic heterocycles. The number of hydrogen-bond donors (Lipinski definition) is 3. The maximum atomic E-state index is 12.2. The Bertz CT molecular complexity index is 951. The zero-order chi connectivity index (χ0) is 18.2. The third kappa shape index (κ3) is 3.91. The van der Waals surface area contributed by atoms with E-state index in [0.29, 0.717) is 18.6 Å². The van der Waals surface area contributed by atoms with Crippen molar-refractivity contribution < 1.29 is 8.42 Å². The molecule has 9 heteroatoms. The van der Waals surface area contributed by atoms with Crippen molar-refractivity contribution in [2.75, 3.05) is 6.26 Å². The fourth-order valence-electron chi connectivity index (χ4n) is 3.37. The normalized spacial score (nSPS) is 18.1. The summed E-state index contributed by atoms with van der Waals surface area (Å²) in [7, 11) is -3.41. The van der Waals surface area contributed by atoms with Gasteiger partial charge in [0.1, 0.15) is 0 Å². The van der Waals surface area contributed by atoms with Gasteiger partial charge < -0.3 is 5.73 Å². The fraction of sp³-hybridized carbons (Fsp3) is 0.294. The van der Waals surface area contributed by atoms with Crippen molar-refractivity contribution in [1.29, 1.82) is 5.41 Å². The SMILES string of the molecule is Cc1cn(S(C)(=O)=O)c2c1C(=NNC(=N)N)CC(c1ccccc1)C2.Cl. The number of nitrogens with one attached hydrogen (secondary N) is 2. The molecule has 1 atom stereocenters. The second kappa shape index (κ2) is 7.51. The standard InChI is InChI=1S/C17H21N5O2S.ClH/c1-11-10-22(25(2,23)24)15-9-13(12-6-4-3-5-7-12)8-14(16(11)15)20-21-17(18)19;/h3-7,10,13H,8-9H2,1-2H3,(H4,18,19,21);1H. The number of hydrazone groups is 1. The monoisotopic (exact) mass is 395 g/mol. The lowest BCUT2D eigenvalue weighted by atomic mass is 9.81. The van der Waals surface area contributed by atoms with Crippen LogP contribution in [0.5, 0.6) is 0 Å².